The minimum Gasteiger partial charge on any atom is -0.463 e. The molecule has 4 N–H and O–H groups in total. The van der Waals surface area contributed by atoms with E-state index in [0.29, 0.717) is 50.4 Å². The van der Waals surface area contributed by atoms with E-state index in [-0.39, 0.29) is 49.5 Å². The number of hydrogen-bond donors (Lipinski definition) is 3. The zero-order valence-corrected chi connectivity index (χ0v) is 44.3. The SMILES string of the molecule is CCCCCCCCCCCCCCCC(=O)OC[C@H](COP(=O)(O)OCCN1CCC(Cn2c(=O)[nH]c3c(N)nc(OCCCC)nc32)CC1)OC(=O)CCCCCCCCCCCCCCC. The number of anilines is 1. The van der Waals surface area contributed by atoms with Gasteiger partial charge in [0.2, 0.25) is 0 Å². The molecule has 0 saturated carbocycles. The highest BCUT2D eigenvalue weighted by Crippen LogP contribution is 2.43. The molecule has 0 aliphatic carbocycles. The van der Waals surface area contributed by atoms with Gasteiger partial charge >= 0.3 is 31.5 Å². The van der Waals surface area contributed by atoms with Gasteiger partial charge in [-0.3, -0.25) is 23.2 Å². The van der Waals surface area contributed by atoms with Crippen molar-refractivity contribution in [2.75, 3.05) is 51.8 Å². The van der Waals surface area contributed by atoms with Crippen LogP contribution in [0.1, 0.15) is 226 Å². The summed E-state index contributed by atoms with van der Waals surface area (Å²) in [4.78, 5) is 62.7. The summed E-state index contributed by atoms with van der Waals surface area (Å²) >= 11 is 0. The van der Waals surface area contributed by atoms with Crippen molar-refractivity contribution in [2.45, 2.75) is 239 Å². The van der Waals surface area contributed by atoms with E-state index in [1.165, 1.54) is 122 Å². The Morgan fingerprint density at radius 1 is 0.681 bits per heavy atom. The van der Waals surface area contributed by atoms with Gasteiger partial charge in [-0.2, -0.15) is 9.97 Å². The lowest BCUT2D eigenvalue weighted by Gasteiger charge is -2.32. The number of imidazole rings is 1. The molecule has 3 heterocycles. The molecular weight excluding hydrogens is 900 g/mol. The molecule has 0 amide bonds. The first-order valence-electron chi connectivity index (χ1n) is 27.6. The molecule has 0 spiro atoms. The third-order valence-electron chi connectivity index (χ3n) is 13.3. The van der Waals surface area contributed by atoms with Crippen LogP contribution in [0.3, 0.4) is 0 Å². The molecule has 1 aliphatic heterocycles. The lowest BCUT2D eigenvalue weighted by molar-refractivity contribution is -0.161. The number of fused-ring (bicyclic) bond motifs is 1. The molecular formula is C52H95N6O10P. The van der Waals surface area contributed by atoms with Crippen LogP contribution in [0.4, 0.5) is 5.82 Å². The summed E-state index contributed by atoms with van der Waals surface area (Å²) in [5.41, 5.74) is 6.64. The Hall–Kier alpha value is -3.04. The number of aromatic amines is 1. The number of nitrogen functional groups attached to an aromatic ring is 1. The molecule has 2 aromatic heterocycles. The predicted molar refractivity (Wildman–Crippen MR) is 275 cm³/mol. The number of likely N-dealkylation sites (tertiary alicyclic amines) is 1. The minimum atomic E-state index is -4.53. The van der Waals surface area contributed by atoms with Crippen LogP contribution in [0.2, 0.25) is 0 Å². The molecule has 3 rings (SSSR count). The number of carbonyl (C=O) groups is 2. The van der Waals surface area contributed by atoms with E-state index in [2.05, 4.69) is 40.6 Å². The first-order chi connectivity index (χ1) is 33.5. The number of esters is 2. The van der Waals surface area contributed by atoms with Crippen LogP contribution in [-0.4, -0.2) is 93.4 Å². The van der Waals surface area contributed by atoms with Gasteiger partial charge in [-0.05, 0) is 51.1 Å². The van der Waals surface area contributed by atoms with E-state index in [0.717, 1.165) is 64.2 Å². The summed E-state index contributed by atoms with van der Waals surface area (Å²) in [6, 6.07) is 0.150. The van der Waals surface area contributed by atoms with Crippen molar-refractivity contribution in [2.24, 2.45) is 5.92 Å². The minimum absolute atomic E-state index is 0.0605. The largest absolute Gasteiger partial charge is 0.472 e. The molecule has 1 aliphatic rings. The fraction of sp³-hybridized carbons (Fsp3) is 0.865. The van der Waals surface area contributed by atoms with E-state index < -0.39 is 32.5 Å². The summed E-state index contributed by atoms with van der Waals surface area (Å²) in [6.45, 7) is 8.48. The number of ether oxygens (including phenoxy) is 3. The zero-order valence-electron chi connectivity index (χ0n) is 43.4. The lowest BCUT2D eigenvalue weighted by atomic mass is 9.97. The van der Waals surface area contributed by atoms with Crippen LogP contribution in [-0.2, 0) is 39.2 Å². The van der Waals surface area contributed by atoms with Gasteiger partial charge in [-0.1, -0.05) is 181 Å². The van der Waals surface area contributed by atoms with Crippen molar-refractivity contribution >= 4 is 36.7 Å². The van der Waals surface area contributed by atoms with E-state index in [1.54, 1.807) is 4.57 Å². The fourth-order valence-electron chi connectivity index (χ4n) is 8.92. The normalized spacial score (nSPS) is 14.8. The van der Waals surface area contributed by atoms with Gasteiger partial charge < -0.3 is 34.7 Å². The smallest absolute Gasteiger partial charge is 0.463 e. The average molecular weight is 995 g/mol. The fourth-order valence-corrected chi connectivity index (χ4v) is 9.66. The Kier molecular flexibility index (Phi) is 32.9. The average Bonchev–Trinajstić information content (AvgIpc) is 3.65. The Labute approximate surface area is 415 Å². The van der Waals surface area contributed by atoms with Gasteiger partial charge in [-0.15, -0.1) is 0 Å². The lowest BCUT2D eigenvalue weighted by Crippen LogP contribution is -2.37. The summed E-state index contributed by atoms with van der Waals surface area (Å²) in [6.07, 6.45) is 34.1. The third kappa shape index (κ3) is 28.0. The second kappa shape index (κ2) is 37.7. The maximum atomic E-state index is 13.0. The number of aromatic nitrogens is 4. The van der Waals surface area contributed by atoms with Crippen LogP contribution >= 0.6 is 7.82 Å². The van der Waals surface area contributed by atoms with Gasteiger partial charge in [-0.25, -0.2) is 9.36 Å². The zero-order chi connectivity index (χ0) is 49.8. The molecule has 2 atom stereocenters. The van der Waals surface area contributed by atoms with Crippen LogP contribution in [0.15, 0.2) is 4.79 Å². The maximum Gasteiger partial charge on any atom is 0.472 e. The Balaban J connectivity index is 1.38. The van der Waals surface area contributed by atoms with Crippen molar-refractivity contribution in [3.63, 3.8) is 0 Å². The number of nitrogens with one attached hydrogen (secondary N) is 1. The van der Waals surface area contributed by atoms with Gasteiger partial charge in [0.1, 0.15) is 12.1 Å². The van der Waals surface area contributed by atoms with E-state index in [1.807, 2.05) is 0 Å². The van der Waals surface area contributed by atoms with Crippen molar-refractivity contribution in [3.05, 3.63) is 10.5 Å². The predicted octanol–water partition coefficient (Wildman–Crippen LogP) is 12.1. The van der Waals surface area contributed by atoms with E-state index in [9.17, 15) is 23.8 Å². The van der Waals surface area contributed by atoms with Gasteiger partial charge in [0.25, 0.3) is 0 Å². The van der Waals surface area contributed by atoms with Crippen LogP contribution in [0.25, 0.3) is 11.2 Å². The number of piperidine rings is 1. The second-order valence-electron chi connectivity index (χ2n) is 19.5. The molecule has 398 valence electrons. The second-order valence-corrected chi connectivity index (χ2v) is 20.9. The van der Waals surface area contributed by atoms with Gasteiger partial charge in [0, 0.05) is 25.9 Å². The number of carbonyl (C=O) groups excluding carboxylic acids is 2. The molecule has 2 aromatic rings. The number of H-pyrrole nitrogens is 1. The monoisotopic (exact) mass is 995 g/mol. The number of phosphoric acid groups is 1. The number of nitrogens with zero attached hydrogens (tertiary/aromatic N) is 4. The highest BCUT2D eigenvalue weighted by molar-refractivity contribution is 7.47. The van der Waals surface area contributed by atoms with Crippen molar-refractivity contribution in [1.29, 1.82) is 0 Å². The molecule has 0 radical (unpaired) electrons. The number of rotatable bonds is 44. The summed E-state index contributed by atoms with van der Waals surface area (Å²) < 4.78 is 42.1. The first kappa shape index (κ1) is 60.3. The van der Waals surface area contributed by atoms with Gasteiger partial charge in [0.15, 0.2) is 17.6 Å². The summed E-state index contributed by atoms with van der Waals surface area (Å²) in [7, 11) is -4.53. The van der Waals surface area contributed by atoms with Crippen LogP contribution < -0.4 is 16.2 Å². The molecule has 1 saturated heterocycles. The van der Waals surface area contributed by atoms with E-state index in [4.69, 9.17) is 29.0 Å². The van der Waals surface area contributed by atoms with Crippen molar-refractivity contribution < 1.29 is 42.3 Å². The molecule has 1 unspecified atom stereocenters. The van der Waals surface area contributed by atoms with Crippen LogP contribution in [0, 0.1) is 5.92 Å². The van der Waals surface area contributed by atoms with Crippen molar-refractivity contribution in [3.8, 4) is 6.01 Å². The van der Waals surface area contributed by atoms with Crippen molar-refractivity contribution in [1.82, 2.24) is 24.4 Å². The standard InChI is InChI=1S/C52H95N6O10P/c1-4-7-10-12-14-16-18-20-22-24-26-28-30-32-46(59)65-42-45(68-47(60)33-31-29-27-25-23-21-19-17-15-13-11-8-5-2)43-67-69(62,63)66-40-38-57-36-34-44(35-37-57)41-58-50-48(54-52(58)61)49(53)55-51(56-50)64-39-9-6-3/h44-45H,4-43H2,1-3H3,(H,54,61)(H,62,63)(H2,53,55,56)/t45-/m1/s1. The maximum absolute atomic E-state index is 13.0. The van der Waals surface area contributed by atoms with Gasteiger partial charge in [0.05, 0.1) is 19.8 Å². The summed E-state index contributed by atoms with van der Waals surface area (Å²) in [5.74, 6) is -0.488. The molecule has 0 bridgehead atoms. The Bertz CT molecular complexity index is 1750. The number of nitrogens with two attached hydrogens (primary N) is 1. The highest BCUT2D eigenvalue weighted by Gasteiger charge is 2.28. The highest BCUT2D eigenvalue weighted by atomic mass is 31.2. The number of phosphoric ester groups is 1. The Morgan fingerprint density at radius 3 is 1.70 bits per heavy atom. The third-order valence-corrected chi connectivity index (χ3v) is 14.3. The molecule has 69 heavy (non-hydrogen) atoms. The van der Waals surface area contributed by atoms with E-state index >= 15 is 0 Å². The number of hydrogen-bond acceptors (Lipinski definition) is 13. The molecule has 16 nitrogen and oxygen atoms in total. The summed E-state index contributed by atoms with van der Waals surface area (Å²) in [5, 5.41) is 0. The molecule has 0 aromatic carbocycles. The number of unbranched alkanes of at least 4 members (excludes halogenated alkanes) is 25. The first-order valence-corrected chi connectivity index (χ1v) is 29.1. The Morgan fingerprint density at radius 2 is 1.17 bits per heavy atom. The molecule has 1 fully saturated rings. The topological polar surface area (TPSA) is 210 Å². The van der Waals surface area contributed by atoms with Crippen LogP contribution in [0.5, 0.6) is 6.01 Å². The quantitative estimate of drug-likeness (QED) is 0.0320. The molecule has 17 heteroatoms.